The molecular formula is C18H23FN8O. The summed E-state index contributed by atoms with van der Waals surface area (Å²) in [5.74, 6) is 11.1. The lowest BCUT2D eigenvalue weighted by molar-refractivity contribution is -0.131. The summed E-state index contributed by atoms with van der Waals surface area (Å²) < 4.78 is 13.3. The fraction of sp³-hybridized carbons (Fsp3) is 0.333. The second kappa shape index (κ2) is 8.61. The molecule has 28 heavy (non-hydrogen) atoms. The fourth-order valence-electron chi connectivity index (χ4n) is 2.81. The molecule has 0 bridgehead atoms. The lowest BCUT2D eigenvalue weighted by atomic mass is 10.1. The zero-order valence-corrected chi connectivity index (χ0v) is 15.5. The maximum Gasteiger partial charge on any atom is 0.225 e. The maximum atomic E-state index is 13.3. The number of likely N-dealkylation sites (N-methyl/N-ethyl adjacent to an activating group) is 1. The van der Waals surface area contributed by atoms with Crippen molar-refractivity contribution >= 4 is 17.7 Å². The summed E-state index contributed by atoms with van der Waals surface area (Å²) in [6.07, 6.45) is 4.90. The second-order valence-electron chi connectivity index (χ2n) is 6.66. The number of nitrogens with two attached hydrogens (primary N) is 2. The monoisotopic (exact) mass is 386 g/mol. The van der Waals surface area contributed by atoms with E-state index in [0.29, 0.717) is 18.1 Å². The number of carbonyl (C=O) groups excluding carboxylic acids is 1. The van der Waals surface area contributed by atoms with E-state index in [2.05, 4.69) is 25.8 Å². The summed E-state index contributed by atoms with van der Waals surface area (Å²) in [6.45, 7) is 0.395. The van der Waals surface area contributed by atoms with Gasteiger partial charge >= 0.3 is 0 Å². The lowest BCUT2D eigenvalue weighted by Crippen LogP contribution is -2.35. The van der Waals surface area contributed by atoms with Crippen LogP contribution in [-0.4, -0.2) is 40.2 Å². The Morgan fingerprint density at radius 2 is 1.96 bits per heavy atom. The third-order valence-corrected chi connectivity index (χ3v) is 4.53. The molecule has 1 saturated carbocycles. The van der Waals surface area contributed by atoms with Gasteiger partial charge in [0.2, 0.25) is 11.9 Å². The summed E-state index contributed by atoms with van der Waals surface area (Å²) in [5.41, 5.74) is 3.70. The molecule has 0 saturated heterocycles. The molecule has 1 aromatic heterocycles. The van der Waals surface area contributed by atoms with Crippen LogP contribution in [-0.2, 0) is 4.79 Å². The van der Waals surface area contributed by atoms with Gasteiger partial charge in [-0.3, -0.25) is 4.79 Å². The average molecular weight is 386 g/mol. The molecule has 148 valence electrons. The molecule has 1 fully saturated rings. The van der Waals surface area contributed by atoms with Gasteiger partial charge in [-0.2, -0.15) is 5.10 Å². The number of anilines is 1. The lowest BCUT2D eigenvalue weighted by Gasteiger charge is -2.25. The van der Waals surface area contributed by atoms with Crippen LogP contribution in [0.25, 0.3) is 0 Å². The zero-order valence-electron chi connectivity index (χ0n) is 15.5. The van der Waals surface area contributed by atoms with Gasteiger partial charge in [0.1, 0.15) is 5.82 Å². The first kappa shape index (κ1) is 19.5. The number of amidine groups is 1. The predicted octanol–water partition coefficient (Wildman–Crippen LogP) is 0.721. The van der Waals surface area contributed by atoms with E-state index in [0.717, 1.165) is 18.4 Å². The maximum absolute atomic E-state index is 13.3. The van der Waals surface area contributed by atoms with Crippen molar-refractivity contribution in [1.29, 1.82) is 0 Å². The van der Waals surface area contributed by atoms with Crippen molar-refractivity contribution in [3.63, 3.8) is 0 Å². The molecule has 1 aromatic carbocycles. The van der Waals surface area contributed by atoms with Crippen molar-refractivity contribution in [2.75, 3.05) is 18.9 Å². The highest BCUT2D eigenvalue weighted by atomic mass is 19.1. The number of rotatable bonds is 7. The van der Waals surface area contributed by atoms with Crippen LogP contribution >= 0.6 is 0 Å². The van der Waals surface area contributed by atoms with Crippen LogP contribution in [0.15, 0.2) is 41.8 Å². The molecule has 0 aliphatic heterocycles. The molecule has 10 heteroatoms. The van der Waals surface area contributed by atoms with Gasteiger partial charge in [0.25, 0.3) is 0 Å². The molecule has 0 spiro atoms. The Morgan fingerprint density at radius 3 is 2.50 bits per heavy atom. The van der Waals surface area contributed by atoms with Gasteiger partial charge in [0.05, 0.1) is 11.6 Å². The van der Waals surface area contributed by atoms with E-state index in [1.54, 1.807) is 24.1 Å². The largest absolute Gasteiger partial charge is 0.346 e. The first-order valence-corrected chi connectivity index (χ1v) is 8.85. The summed E-state index contributed by atoms with van der Waals surface area (Å²) in [6, 6.07) is 5.80. The van der Waals surface area contributed by atoms with Gasteiger partial charge in [-0.05, 0) is 30.5 Å². The van der Waals surface area contributed by atoms with Gasteiger partial charge in [0.15, 0.2) is 5.84 Å². The molecule has 3 rings (SSSR count). The first-order valence-electron chi connectivity index (χ1n) is 8.85. The molecule has 1 aliphatic rings. The molecule has 2 aromatic rings. The van der Waals surface area contributed by atoms with Crippen LogP contribution in [0.4, 0.5) is 10.3 Å². The topological polar surface area (TPSA) is 135 Å². The smallest absolute Gasteiger partial charge is 0.225 e. The molecule has 6 N–H and O–H groups in total. The quantitative estimate of drug-likeness (QED) is 0.238. The highest BCUT2D eigenvalue weighted by Gasteiger charge is 2.33. The van der Waals surface area contributed by atoms with Crippen molar-refractivity contribution in [3.8, 4) is 0 Å². The molecule has 1 aliphatic carbocycles. The minimum atomic E-state index is -0.326. The van der Waals surface area contributed by atoms with Gasteiger partial charge in [-0.25, -0.2) is 20.2 Å². The molecule has 9 nitrogen and oxygen atoms in total. The van der Waals surface area contributed by atoms with E-state index in [1.807, 2.05) is 0 Å². The number of hydrazine groups is 1. The number of amides is 1. The number of halogens is 1. The Labute approximate surface area is 162 Å². The molecule has 1 atom stereocenters. The standard InChI is InChI=1S/C18H23FN8O/c1-27(17(28)12-2-3-12)10-15(11-4-6-14(19)7-5-11)24-18-22-8-13(9-23-18)16(25-20)26-21/h4-9,12,15H,2-3,10,20-21H2,1H3,(H,25,26)(H,22,23,24). The third kappa shape index (κ3) is 4.71. The fourth-order valence-corrected chi connectivity index (χ4v) is 2.81. The number of nitrogens with one attached hydrogen (secondary N) is 2. The zero-order chi connectivity index (χ0) is 20.1. The molecular weight excluding hydrogens is 363 g/mol. The second-order valence-corrected chi connectivity index (χ2v) is 6.66. The number of carbonyl (C=O) groups is 1. The number of benzene rings is 1. The summed E-state index contributed by atoms with van der Waals surface area (Å²) in [5, 5.41) is 6.71. The van der Waals surface area contributed by atoms with Crippen molar-refractivity contribution in [2.45, 2.75) is 18.9 Å². The summed E-state index contributed by atoms with van der Waals surface area (Å²) in [7, 11) is 1.76. The van der Waals surface area contributed by atoms with E-state index in [4.69, 9.17) is 11.7 Å². The van der Waals surface area contributed by atoms with Crippen molar-refractivity contribution in [3.05, 3.63) is 53.6 Å². The van der Waals surface area contributed by atoms with Crippen molar-refractivity contribution in [1.82, 2.24) is 20.3 Å². The number of hydrogen-bond acceptors (Lipinski definition) is 7. The number of hydrazone groups is 1. The van der Waals surface area contributed by atoms with Crippen LogP contribution < -0.4 is 22.4 Å². The summed E-state index contributed by atoms with van der Waals surface area (Å²) >= 11 is 0. The highest BCUT2D eigenvalue weighted by Crippen LogP contribution is 2.31. The van der Waals surface area contributed by atoms with E-state index in [1.165, 1.54) is 24.5 Å². The third-order valence-electron chi connectivity index (χ3n) is 4.53. The summed E-state index contributed by atoms with van der Waals surface area (Å²) in [4.78, 5) is 22.5. The van der Waals surface area contributed by atoms with E-state index in [-0.39, 0.29) is 29.5 Å². The number of nitrogens with zero attached hydrogens (tertiary/aromatic N) is 4. The SMILES string of the molecule is CN(CC(Nc1ncc(/C(=N/N)NN)cn1)c1ccc(F)cc1)C(=O)C1CC1. The minimum absolute atomic E-state index is 0.114. The van der Waals surface area contributed by atoms with Crippen LogP contribution in [0.5, 0.6) is 0 Å². The number of hydrogen-bond donors (Lipinski definition) is 4. The Bertz CT molecular complexity index is 836. The highest BCUT2D eigenvalue weighted by molar-refractivity contribution is 5.97. The normalized spacial score (nSPS) is 15.0. The van der Waals surface area contributed by atoms with Crippen LogP contribution in [0.2, 0.25) is 0 Å². The first-order chi connectivity index (χ1) is 13.5. The van der Waals surface area contributed by atoms with Crippen LogP contribution in [0.3, 0.4) is 0 Å². The van der Waals surface area contributed by atoms with Gasteiger partial charge in [0, 0.05) is 31.9 Å². The minimum Gasteiger partial charge on any atom is -0.346 e. The van der Waals surface area contributed by atoms with Gasteiger partial charge < -0.3 is 21.5 Å². The molecule has 1 unspecified atom stereocenters. The van der Waals surface area contributed by atoms with Crippen molar-refractivity contribution < 1.29 is 9.18 Å². The molecule has 0 radical (unpaired) electrons. The Kier molecular flexibility index (Phi) is 5.99. The molecule has 1 heterocycles. The Morgan fingerprint density at radius 1 is 1.32 bits per heavy atom. The average Bonchev–Trinajstić information content (AvgIpc) is 3.55. The van der Waals surface area contributed by atoms with E-state index >= 15 is 0 Å². The number of aromatic nitrogens is 2. The molecule has 1 amide bonds. The van der Waals surface area contributed by atoms with Crippen LogP contribution in [0.1, 0.15) is 30.0 Å². The van der Waals surface area contributed by atoms with Gasteiger partial charge in [-0.15, -0.1) is 0 Å². The Balaban J connectivity index is 1.78. The van der Waals surface area contributed by atoms with Crippen molar-refractivity contribution in [2.24, 2.45) is 22.7 Å². The van der Waals surface area contributed by atoms with Gasteiger partial charge in [-0.1, -0.05) is 12.1 Å². The van der Waals surface area contributed by atoms with Crippen LogP contribution in [0, 0.1) is 11.7 Å². The Hall–Kier alpha value is -3.27. The predicted molar refractivity (Wildman–Crippen MR) is 103 cm³/mol. The van der Waals surface area contributed by atoms with E-state index in [9.17, 15) is 9.18 Å². The van der Waals surface area contributed by atoms with E-state index < -0.39 is 0 Å².